The van der Waals surface area contributed by atoms with Crippen molar-refractivity contribution in [1.82, 2.24) is 9.55 Å². The average molecular weight is 251 g/mol. The van der Waals surface area contributed by atoms with E-state index in [4.69, 9.17) is 5.73 Å². The van der Waals surface area contributed by atoms with Gasteiger partial charge in [0, 0.05) is 6.04 Å². The Morgan fingerprint density at radius 3 is 2.56 bits per heavy atom. The molecule has 0 amide bonds. The lowest BCUT2D eigenvalue weighted by Crippen LogP contribution is -2.27. The second kappa shape index (κ2) is 4.66. The first-order valence-electron chi connectivity index (χ1n) is 6.03. The first-order chi connectivity index (χ1) is 8.41. The topological polar surface area (TPSA) is 64.1 Å². The molecule has 5 heteroatoms. The molecule has 1 heterocycles. The summed E-state index contributed by atoms with van der Waals surface area (Å²) in [6.07, 6.45) is -0.704. The van der Waals surface area contributed by atoms with Crippen molar-refractivity contribution in [2.24, 2.45) is 5.73 Å². The van der Waals surface area contributed by atoms with Crippen LogP contribution in [-0.4, -0.2) is 20.8 Å². The van der Waals surface area contributed by atoms with E-state index in [2.05, 4.69) is 4.98 Å². The largest absolute Gasteiger partial charge is 0.391 e. The number of hydrogen-bond acceptors (Lipinski definition) is 3. The zero-order chi connectivity index (χ0) is 13.4. The summed E-state index contributed by atoms with van der Waals surface area (Å²) in [7, 11) is 0. The number of hydrogen-bond donors (Lipinski definition) is 2. The molecule has 0 aliphatic rings. The van der Waals surface area contributed by atoms with Gasteiger partial charge in [-0.25, -0.2) is 9.37 Å². The highest BCUT2D eigenvalue weighted by molar-refractivity contribution is 5.76. The van der Waals surface area contributed by atoms with Gasteiger partial charge in [-0.15, -0.1) is 0 Å². The van der Waals surface area contributed by atoms with Gasteiger partial charge in [0.1, 0.15) is 11.6 Å². The zero-order valence-corrected chi connectivity index (χ0v) is 10.8. The standard InChI is InChI=1S/C13H18FN3O/c1-7(2)17-11-6-9(14)4-5-10(11)16-13(17)12(15)8(3)18/h4-8,12,18H,15H2,1-3H3. The van der Waals surface area contributed by atoms with Crippen LogP contribution in [0.3, 0.4) is 0 Å². The molecule has 0 saturated carbocycles. The Balaban J connectivity index is 2.69. The summed E-state index contributed by atoms with van der Waals surface area (Å²) in [4.78, 5) is 4.41. The van der Waals surface area contributed by atoms with E-state index in [1.54, 1.807) is 13.0 Å². The Kier molecular flexibility index (Phi) is 3.36. The zero-order valence-electron chi connectivity index (χ0n) is 10.8. The maximum Gasteiger partial charge on any atom is 0.129 e. The van der Waals surface area contributed by atoms with Crippen LogP contribution in [0.15, 0.2) is 18.2 Å². The normalized spacial score (nSPS) is 15.3. The van der Waals surface area contributed by atoms with Gasteiger partial charge in [0.2, 0.25) is 0 Å². The van der Waals surface area contributed by atoms with E-state index in [1.807, 2.05) is 18.4 Å². The average Bonchev–Trinajstić information content (AvgIpc) is 2.65. The predicted octanol–water partition coefficient (Wildman–Crippen LogP) is 2.14. The monoisotopic (exact) mass is 251 g/mol. The summed E-state index contributed by atoms with van der Waals surface area (Å²) in [5.41, 5.74) is 7.35. The summed E-state index contributed by atoms with van der Waals surface area (Å²) in [6, 6.07) is 3.96. The van der Waals surface area contributed by atoms with Crippen LogP contribution in [-0.2, 0) is 0 Å². The molecule has 0 spiro atoms. The lowest BCUT2D eigenvalue weighted by molar-refractivity contribution is 0.158. The summed E-state index contributed by atoms with van der Waals surface area (Å²) in [5.74, 6) is 0.280. The van der Waals surface area contributed by atoms with Gasteiger partial charge in [0.25, 0.3) is 0 Å². The molecule has 0 aliphatic heterocycles. The van der Waals surface area contributed by atoms with Crippen molar-refractivity contribution < 1.29 is 9.50 Å². The molecule has 98 valence electrons. The van der Waals surface area contributed by atoms with Gasteiger partial charge in [-0.2, -0.15) is 0 Å². The number of fused-ring (bicyclic) bond motifs is 1. The van der Waals surface area contributed by atoms with E-state index >= 15 is 0 Å². The molecule has 1 aromatic carbocycles. The molecule has 2 aromatic rings. The minimum atomic E-state index is -0.704. The maximum atomic E-state index is 13.3. The minimum Gasteiger partial charge on any atom is -0.391 e. The van der Waals surface area contributed by atoms with Crippen molar-refractivity contribution in [3.63, 3.8) is 0 Å². The smallest absolute Gasteiger partial charge is 0.129 e. The number of nitrogens with two attached hydrogens (primary N) is 1. The fraction of sp³-hybridized carbons (Fsp3) is 0.462. The summed E-state index contributed by atoms with van der Waals surface area (Å²) < 4.78 is 15.2. The van der Waals surface area contributed by atoms with Crippen molar-refractivity contribution in [1.29, 1.82) is 0 Å². The van der Waals surface area contributed by atoms with Crippen LogP contribution < -0.4 is 5.73 Å². The van der Waals surface area contributed by atoms with Crippen LogP contribution in [0.5, 0.6) is 0 Å². The van der Waals surface area contributed by atoms with Crippen LogP contribution in [0.1, 0.15) is 38.7 Å². The lowest BCUT2D eigenvalue weighted by Gasteiger charge is -2.19. The number of nitrogens with zero attached hydrogens (tertiary/aromatic N) is 2. The molecule has 2 unspecified atom stereocenters. The Hall–Kier alpha value is -1.46. The number of aromatic nitrogens is 2. The Bertz CT molecular complexity index is 563. The fourth-order valence-corrected chi connectivity index (χ4v) is 2.08. The molecule has 0 aliphatic carbocycles. The number of benzene rings is 1. The first kappa shape index (κ1) is 13.0. The summed E-state index contributed by atoms with van der Waals surface area (Å²) >= 11 is 0. The number of imidazole rings is 1. The molecule has 0 bridgehead atoms. The van der Waals surface area contributed by atoms with Crippen LogP contribution in [0, 0.1) is 5.82 Å². The lowest BCUT2D eigenvalue weighted by atomic mass is 10.2. The quantitative estimate of drug-likeness (QED) is 0.878. The molecule has 0 fully saturated rings. The molecule has 0 radical (unpaired) electrons. The third-order valence-electron chi connectivity index (χ3n) is 3.01. The highest BCUT2D eigenvalue weighted by Crippen LogP contribution is 2.26. The number of aliphatic hydroxyl groups excluding tert-OH is 1. The molecule has 0 saturated heterocycles. The summed E-state index contributed by atoms with van der Waals surface area (Å²) in [5, 5.41) is 9.61. The molecule has 3 N–H and O–H groups in total. The minimum absolute atomic E-state index is 0.0941. The Morgan fingerprint density at radius 2 is 2.00 bits per heavy atom. The van der Waals surface area contributed by atoms with Crippen molar-refractivity contribution >= 4 is 11.0 Å². The highest BCUT2D eigenvalue weighted by Gasteiger charge is 2.22. The van der Waals surface area contributed by atoms with Crippen LogP contribution in [0.4, 0.5) is 4.39 Å². The Morgan fingerprint density at radius 1 is 1.33 bits per heavy atom. The first-order valence-corrected chi connectivity index (χ1v) is 6.03. The molecule has 1 aromatic heterocycles. The molecule has 18 heavy (non-hydrogen) atoms. The number of rotatable bonds is 3. The van der Waals surface area contributed by atoms with E-state index < -0.39 is 12.1 Å². The van der Waals surface area contributed by atoms with E-state index in [9.17, 15) is 9.50 Å². The van der Waals surface area contributed by atoms with Gasteiger partial charge < -0.3 is 15.4 Å². The molecule has 2 rings (SSSR count). The number of aliphatic hydroxyl groups is 1. The van der Waals surface area contributed by atoms with Gasteiger partial charge in [-0.3, -0.25) is 0 Å². The van der Waals surface area contributed by atoms with Crippen molar-refractivity contribution in [3.8, 4) is 0 Å². The van der Waals surface area contributed by atoms with E-state index in [0.29, 0.717) is 16.9 Å². The van der Waals surface area contributed by atoms with Gasteiger partial charge >= 0.3 is 0 Å². The maximum absolute atomic E-state index is 13.3. The number of halogens is 1. The van der Waals surface area contributed by atoms with E-state index in [1.165, 1.54) is 12.1 Å². The Labute approximate surface area is 105 Å². The fourth-order valence-electron chi connectivity index (χ4n) is 2.08. The van der Waals surface area contributed by atoms with Crippen molar-refractivity contribution in [3.05, 3.63) is 29.8 Å². The molecule has 4 nitrogen and oxygen atoms in total. The van der Waals surface area contributed by atoms with Gasteiger partial charge in [-0.05, 0) is 39.0 Å². The van der Waals surface area contributed by atoms with Gasteiger partial charge in [-0.1, -0.05) is 0 Å². The molecular weight excluding hydrogens is 233 g/mol. The highest BCUT2D eigenvalue weighted by atomic mass is 19.1. The van der Waals surface area contributed by atoms with E-state index in [-0.39, 0.29) is 11.9 Å². The molecule has 2 atom stereocenters. The second-order valence-electron chi connectivity index (χ2n) is 4.83. The van der Waals surface area contributed by atoms with Gasteiger partial charge in [0.15, 0.2) is 0 Å². The molecular formula is C13H18FN3O. The van der Waals surface area contributed by atoms with Gasteiger partial charge in [0.05, 0.1) is 23.2 Å². The third kappa shape index (κ3) is 2.11. The van der Waals surface area contributed by atoms with E-state index in [0.717, 1.165) is 0 Å². The van der Waals surface area contributed by atoms with Crippen molar-refractivity contribution in [2.75, 3.05) is 0 Å². The van der Waals surface area contributed by atoms with Crippen LogP contribution >= 0.6 is 0 Å². The van der Waals surface area contributed by atoms with Crippen molar-refractivity contribution in [2.45, 2.75) is 39.0 Å². The second-order valence-corrected chi connectivity index (χ2v) is 4.83. The van der Waals surface area contributed by atoms with Crippen LogP contribution in [0.25, 0.3) is 11.0 Å². The van der Waals surface area contributed by atoms with Crippen LogP contribution in [0.2, 0.25) is 0 Å². The SMILES string of the molecule is CC(O)C(N)c1nc2ccc(F)cc2n1C(C)C. The summed E-state index contributed by atoms with van der Waals surface area (Å²) in [6.45, 7) is 5.57. The third-order valence-corrected chi connectivity index (χ3v) is 3.01. The predicted molar refractivity (Wildman–Crippen MR) is 68.7 cm³/mol.